The lowest BCUT2D eigenvalue weighted by Crippen LogP contribution is -2.51. The molecule has 6 aromatic rings. The summed E-state index contributed by atoms with van der Waals surface area (Å²) in [4.78, 5) is 66.6. The number of rotatable bonds is 8. The van der Waals surface area contributed by atoms with Crippen LogP contribution < -0.4 is 30.6 Å². The molecule has 5 aromatic carbocycles. The van der Waals surface area contributed by atoms with E-state index in [4.69, 9.17) is 0 Å². The molecule has 9 rings (SSSR count). The molecule has 3 aliphatic rings. The quantitative estimate of drug-likeness (QED) is 0.207. The van der Waals surface area contributed by atoms with Gasteiger partial charge in [-0.25, -0.2) is 0 Å². The van der Waals surface area contributed by atoms with Gasteiger partial charge in [0, 0.05) is 61.3 Å². The Morgan fingerprint density at radius 1 is 0.746 bits per heavy atom. The van der Waals surface area contributed by atoms with Crippen molar-refractivity contribution in [1.82, 2.24) is 0 Å². The first-order chi connectivity index (χ1) is 28.1. The molecule has 11 heteroatoms. The maximum absolute atomic E-state index is 13.8. The number of carbonyl (C=O) groups is 3. The number of carbonyl (C=O) groups excluding carboxylic acids is 1. The van der Waals surface area contributed by atoms with Crippen molar-refractivity contribution in [3.05, 3.63) is 159 Å². The summed E-state index contributed by atoms with van der Waals surface area (Å²) < 4.78 is 2.58. The van der Waals surface area contributed by atoms with Gasteiger partial charge in [0.15, 0.2) is 18.0 Å². The zero-order chi connectivity index (χ0) is 41.7. The Labute approximate surface area is 340 Å². The normalized spacial score (nSPS) is 18.3. The predicted octanol–water partition coefficient (Wildman–Crippen LogP) is 4.77. The smallest absolute Gasteiger partial charge is 0.309 e. The summed E-state index contributed by atoms with van der Waals surface area (Å²) in [6.07, 6.45) is 2.88. The average molecular weight is 803 g/mol. The fourth-order valence-electron chi connectivity index (χ4n) is 9.30. The second-order valence-electron chi connectivity index (χ2n) is 16.3. The molecule has 0 fully saturated rings. The van der Waals surface area contributed by atoms with Crippen LogP contribution in [0.1, 0.15) is 51.7 Å². The number of thiophene rings is 1. The molecule has 0 saturated carbocycles. The minimum absolute atomic E-state index is 0.0124. The fourth-order valence-corrected chi connectivity index (χ4v) is 10.4. The Bertz CT molecular complexity index is 3290. The molecule has 0 bridgehead atoms. The van der Waals surface area contributed by atoms with Crippen molar-refractivity contribution >= 4 is 79.3 Å². The average Bonchev–Trinajstić information content (AvgIpc) is 3.81. The van der Waals surface area contributed by atoms with E-state index in [1.54, 1.807) is 24.3 Å². The summed E-state index contributed by atoms with van der Waals surface area (Å²) >= 11 is 1.03. The molecule has 59 heavy (non-hydrogen) atoms. The van der Waals surface area contributed by atoms with Gasteiger partial charge in [-0.05, 0) is 71.3 Å². The third-order valence-electron chi connectivity index (χ3n) is 12.2. The van der Waals surface area contributed by atoms with Crippen LogP contribution in [-0.4, -0.2) is 51.3 Å². The third kappa shape index (κ3) is 5.66. The first-order valence-electron chi connectivity index (χ1n) is 19.4. The minimum Gasteiger partial charge on any atom is -0.871 e. The predicted molar refractivity (Wildman–Crippen MR) is 226 cm³/mol. The molecule has 2 N–H and O–H groups in total. The molecule has 10 nitrogen and oxygen atoms in total. The molecular formula is C48H38N2O8S. The number of fused-ring (bicyclic) bond motifs is 6. The zero-order valence-electron chi connectivity index (χ0n) is 32.7. The Balaban J connectivity index is 1.13. The van der Waals surface area contributed by atoms with E-state index in [1.165, 1.54) is 0 Å². The second-order valence-corrected chi connectivity index (χ2v) is 17.4. The van der Waals surface area contributed by atoms with Gasteiger partial charge in [-0.1, -0.05) is 74.2 Å². The summed E-state index contributed by atoms with van der Waals surface area (Å²) in [5, 5.41) is 36.9. The van der Waals surface area contributed by atoms with Crippen molar-refractivity contribution in [2.24, 2.45) is 0 Å². The maximum atomic E-state index is 13.8. The summed E-state index contributed by atoms with van der Waals surface area (Å²) in [6, 6.07) is 26.9. The van der Waals surface area contributed by atoms with E-state index < -0.39 is 45.2 Å². The van der Waals surface area contributed by atoms with Gasteiger partial charge in [0.2, 0.25) is 16.5 Å². The molecule has 0 atom stereocenters. The van der Waals surface area contributed by atoms with Gasteiger partial charge in [-0.15, -0.1) is 11.3 Å². The van der Waals surface area contributed by atoms with Crippen molar-refractivity contribution in [2.45, 2.75) is 51.4 Å². The van der Waals surface area contributed by atoms with Crippen LogP contribution in [0, 0.1) is 9.75 Å². The maximum Gasteiger partial charge on any atom is 0.309 e. The van der Waals surface area contributed by atoms with Crippen molar-refractivity contribution < 1.29 is 34.3 Å². The van der Waals surface area contributed by atoms with Gasteiger partial charge >= 0.3 is 11.9 Å². The first kappa shape index (κ1) is 37.8. The van der Waals surface area contributed by atoms with E-state index in [9.17, 15) is 39.3 Å². The molecule has 0 unspecified atom stereocenters. The van der Waals surface area contributed by atoms with Crippen LogP contribution in [-0.2, 0) is 25.2 Å². The molecule has 0 amide bonds. The zero-order valence-corrected chi connectivity index (χ0v) is 33.5. The monoisotopic (exact) mass is 802 g/mol. The highest BCUT2D eigenvalue weighted by Crippen LogP contribution is 2.52. The van der Waals surface area contributed by atoms with E-state index in [2.05, 4.69) is 0 Å². The standard InChI is InChI=1S/C48H38N2O8S/c1-47(2)35(49(21-19-37(51)52)31-15-13-25-9-5-7-11-27(25)41(31)47)23-29-43(55)39(44(29)56)33-17-18-34(59-33)40-45(57)30(46(40)58)24-36-48(3,4)42-28-12-8-6-10-26(28)14-16-32(42)50(36)22-20-38(53)54/h5-18,23-24H,19-22H2,1-4H3,(H2-,51,52,53,54,55,56). The number of anilines is 1. The number of carboxylic acid groups (broad SMARTS) is 2. The molecule has 1 aliphatic carbocycles. The summed E-state index contributed by atoms with van der Waals surface area (Å²) in [6.45, 7) is 8.30. The number of benzene rings is 4. The molecule has 0 saturated heterocycles. The van der Waals surface area contributed by atoms with Crippen LogP contribution in [0.15, 0.2) is 118 Å². The van der Waals surface area contributed by atoms with Crippen LogP contribution >= 0.6 is 11.3 Å². The topological polar surface area (TPSA) is 155 Å². The van der Waals surface area contributed by atoms with Crippen LogP contribution in [0.5, 0.6) is 0 Å². The van der Waals surface area contributed by atoms with E-state index >= 15 is 0 Å². The fraction of sp³-hybridized carbons (Fsp3) is 0.208. The SMILES string of the molecule is CC1(C)C(=CC2=C([O-])C(=c3ccc(=c4c(=O)c(=CC5=[N+](CCC(=O)O)c6ccc7ccccc7c6C5(C)C)c4=O)s3)C2=O)N(CCC(=O)O)c2ccc3ccccc3c21. The third-order valence-corrected chi connectivity index (χ3v) is 13.3. The summed E-state index contributed by atoms with van der Waals surface area (Å²) in [7, 11) is 0. The summed E-state index contributed by atoms with van der Waals surface area (Å²) in [5.41, 5.74) is 2.62. The van der Waals surface area contributed by atoms with Gasteiger partial charge in [0.25, 0.3) is 0 Å². The first-order valence-corrected chi connectivity index (χ1v) is 20.2. The number of nitrogens with zero attached hydrogens (tertiary/aromatic N) is 2. The molecule has 3 heterocycles. The van der Waals surface area contributed by atoms with Crippen LogP contribution in [0.3, 0.4) is 0 Å². The lowest BCUT2D eigenvalue weighted by molar-refractivity contribution is -0.435. The number of hydrogen-bond acceptors (Lipinski definition) is 8. The van der Waals surface area contributed by atoms with Gasteiger partial charge in [-0.3, -0.25) is 24.0 Å². The molecule has 0 spiro atoms. The largest absolute Gasteiger partial charge is 0.871 e. The van der Waals surface area contributed by atoms with Gasteiger partial charge in [0.1, 0.15) is 6.42 Å². The number of ketones is 1. The van der Waals surface area contributed by atoms with Crippen LogP contribution in [0.25, 0.3) is 33.2 Å². The highest BCUT2D eigenvalue weighted by Gasteiger charge is 2.46. The Kier molecular flexibility index (Phi) is 8.61. The van der Waals surface area contributed by atoms with Gasteiger partial charge < -0.3 is 20.2 Å². The molecule has 1 aromatic heterocycles. The lowest BCUT2D eigenvalue weighted by Gasteiger charge is -2.32. The Hall–Kier alpha value is -6.72. The highest BCUT2D eigenvalue weighted by atomic mass is 32.1. The van der Waals surface area contributed by atoms with Crippen molar-refractivity contribution in [3.8, 4) is 0 Å². The van der Waals surface area contributed by atoms with E-state index in [1.807, 2.05) is 110 Å². The number of allylic oxidation sites excluding steroid dienone is 4. The lowest BCUT2D eigenvalue weighted by atomic mass is 9.78. The van der Waals surface area contributed by atoms with Crippen molar-refractivity contribution in [3.63, 3.8) is 0 Å². The number of carboxylic acids is 2. The van der Waals surface area contributed by atoms with E-state index in [0.29, 0.717) is 20.5 Å². The van der Waals surface area contributed by atoms with E-state index in [0.717, 1.165) is 55.4 Å². The van der Waals surface area contributed by atoms with Crippen molar-refractivity contribution in [2.75, 3.05) is 18.0 Å². The number of hydrogen-bond donors (Lipinski definition) is 2. The van der Waals surface area contributed by atoms with E-state index in [-0.39, 0.29) is 47.5 Å². The molecule has 294 valence electrons. The molecule has 0 radical (unpaired) electrons. The van der Waals surface area contributed by atoms with Gasteiger partial charge in [-0.2, -0.15) is 4.58 Å². The Morgan fingerprint density at radius 2 is 1.36 bits per heavy atom. The van der Waals surface area contributed by atoms with Crippen molar-refractivity contribution in [1.29, 1.82) is 0 Å². The highest BCUT2D eigenvalue weighted by molar-refractivity contribution is 7.08. The Morgan fingerprint density at radius 3 is 2.00 bits per heavy atom. The van der Waals surface area contributed by atoms with Crippen LogP contribution in [0.4, 0.5) is 11.4 Å². The second kappa shape index (κ2) is 13.4. The number of aliphatic carboxylic acids is 2. The van der Waals surface area contributed by atoms with Gasteiger partial charge in [0.05, 0.1) is 22.3 Å². The molecular weight excluding hydrogens is 765 g/mol. The summed E-state index contributed by atoms with van der Waals surface area (Å²) in [5.74, 6) is -2.86. The number of Topliss-reactive ketones (excluding diaryl/α,β-unsaturated/α-hetero) is 1. The molecule has 2 aliphatic heterocycles. The van der Waals surface area contributed by atoms with Crippen LogP contribution in [0.2, 0.25) is 0 Å². The minimum atomic E-state index is -0.967.